The van der Waals surface area contributed by atoms with Crippen molar-refractivity contribution in [3.8, 4) is 11.3 Å². The smallest absolute Gasteiger partial charge is 0.255 e. The second-order valence-electron chi connectivity index (χ2n) is 6.00. The highest BCUT2D eigenvalue weighted by molar-refractivity contribution is 9.10. The standard InChI is InChI=1S/C19H14BrFN2OS/c20-14-7-8-16(15(21)9-14)22-18(24)12-3-1-11(2-4-12)17-10-25-19(23-17)13-5-6-13/h1-4,7-10,13H,5-6H2,(H,22,24). The molecule has 0 bridgehead atoms. The van der Waals surface area contributed by atoms with Crippen molar-refractivity contribution in [3.63, 3.8) is 0 Å². The summed E-state index contributed by atoms with van der Waals surface area (Å²) >= 11 is 4.89. The van der Waals surface area contributed by atoms with Gasteiger partial charge in [0.05, 0.1) is 16.4 Å². The molecule has 0 radical (unpaired) electrons. The molecule has 1 saturated carbocycles. The Morgan fingerprint density at radius 1 is 1.20 bits per heavy atom. The fraction of sp³-hybridized carbons (Fsp3) is 0.158. The number of benzene rings is 2. The number of aromatic nitrogens is 1. The first-order valence-electron chi connectivity index (χ1n) is 7.92. The van der Waals surface area contributed by atoms with Crippen LogP contribution in [0.2, 0.25) is 0 Å². The van der Waals surface area contributed by atoms with Crippen LogP contribution in [-0.4, -0.2) is 10.9 Å². The SMILES string of the molecule is O=C(Nc1ccc(Br)cc1F)c1ccc(-c2csc(C3CC3)n2)cc1. The maximum absolute atomic E-state index is 13.8. The van der Waals surface area contributed by atoms with Crippen molar-refractivity contribution in [2.24, 2.45) is 0 Å². The lowest BCUT2D eigenvalue weighted by Crippen LogP contribution is -2.12. The van der Waals surface area contributed by atoms with Crippen molar-refractivity contribution in [2.45, 2.75) is 18.8 Å². The third kappa shape index (κ3) is 3.65. The zero-order chi connectivity index (χ0) is 17.4. The zero-order valence-electron chi connectivity index (χ0n) is 13.1. The monoisotopic (exact) mass is 416 g/mol. The number of halogens is 2. The molecule has 1 N–H and O–H groups in total. The largest absolute Gasteiger partial charge is 0.319 e. The van der Waals surface area contributed by atoms with Crippen molar-refractivity contribution >= 4 is 38.9 Å². The maximum atomic E-state index is 13.8. The molecule has 2 aromatic carbocycles. The molecule has 1 heterocycles. The molecule has 1 aliphatic rings. The van der Waals surface area contributed by atoms with E-state index < -0.39 is 5.82 Å². The van der Waals surface area contributed by atoms with Crippen LogP contribution in [-0.2, 0) is 0 Å². The number of hydrogen-bond acceptors (Lipinski definition) is 3. The molecule has 0 unspecified atom stereocenters. The first-order chi connectivity index (χ1) is 12.1. The fourth-order valence-corrected chi connectivity index (χ4v) is 3.85. The molecule has 0 aliphatic heterocycles. The number of rotatable bonds is 4. The molecule has 6 heteroatoms. The molecule has 3 nitrogen and oxygen atoms in total. The summed E-state index contributed by atoms with van der Waals surface area (Å²) in [5.74, 6) is -0.177. The van der Waals surface area contributed by atoms with Gasteiger partial charge < -0.3 is 5.32 Å². The highest BCUT2D eigenvalue weighted by Crippen LogP contribution is 2.42. The minimum absolute atomic E-state index is 0.158. The lowest BCUT2D eigenvalue weighted by atomic mass is 10.1. The van der Waals surface area contributed by atoms with E-state index in [2.05, 4.69) is 31.6 Å². The zero-order valence-corrected chi connectivity index (χ0v) is 15.5. The topological polar surface area (TPSA) is 42.0 Å². The van der Waals surface area contributed by atoms with Gasteiger partial charge >= 0.3 is 0 Å². The molecular formula is C19H14BrFN2OS. The van der Waals surface area contributed by atoms with Crippen LogP contribution in [0.5, 0.6) is 0 Å². The first-order valence-corrected chi connectivity index (χ1v) is 9.60. The van der Waals surface area contributed by atoms with Crippen molar-refractivity contribution in [2.75, 3.05) is 5.32 Å². The minimum atomic E-state index is -0.477. The quantitative estimate of drug-likeness (QED) is 0.580. The van der Waals surface area contributed by atoms with Gasteiger partial charge in [-0.15, -0.1) is 11.3 Å². The summed E-state index contributed by atoms with van der Waals surface area (Å²) in [7, 11) is 0. The van der Waals surface area contributed by atoms with Crippen molar-refractivity contribution in [3.05, 3.63) is 68.7 Å². The second kappa shape index (κ2) is 6.69. The molecule has 1 fully saturated rings. The van der Waals surface area contributed by atoms with Crippen LogP contribution in [0, 0.1) is 5.82 Å². The predicted octanol–water partition coefficient (Wildman–Crippen LogP) is 5.84. The van der Waals surface area contributed by atoms with Crippen molar-refractivity contribution < 1.29 is 9.18 Å². The number of carbonyl (C=O) groups is 1. The Balaban J connectivity index is 1.49. The second-order valence-corrected chi connectivity index (χ2v) is 7.81. The van der Waals surface area contributed by atoms with Crippen LogP contribution in [0.15, 0.2) is 52.3 Å². The normalized spacial score (nSPS) is 13.7. The number of hydrogen-bond donors (Lipinski definition) is 1. The number of nitrogens with zero attached hydrogens (tertiary/aromatic N) is 1. The van der Waals surface area contributed by atoms with Gasteiger partial charge in [0.1, 0.15) is 5.82 Å². The van der Waals surface area contributed by atoms with Gasteiger partial charge in [-0.1, -0.05) is 28.1 Å². The van der Waals surface area contributed by atoms with Crippen LogP contribution >= 0.6 is 27.3 Å². The van der Waals surface area contributed by atoms with Crippen LogP contribution in [0.4, 0.5) is 10.1 Å². The van der Waals surface area contributed by atoms with Crippen LogP contribution < -0.4 is 5.32 Å². The molecule has 3 aromatic rings. The van der Waals surface area contributed by atoms with Gasteiger partial charge in [0.25, 0.3) is 5.91 Å². The molecule has 0 spiro atoms. The minimum Gasteiger partial charge on any atom is -0.319 e. The Kier molecular flexibility index (Phi) is 4.39. The molecule has 1 aliphatic carbocycles. The van der Waals surface area contributed by atoms with Crippen LogP contribution in [0.25, 0.3) is 11.3 Å². The van der Waals surface area contributed by atoms with Gasteiger partial charge in [0.15, 0.2) is 0 Å². The predicted molar refractivity (Wildman–Crippen MR) is 102 cm³/mol. The number of nitrogens with one attached hydrogen (secondary N) is 1. The van der Waals surface area contributed by atoms with E-state index in [0.717, 1.165) is 11.3 Å². The third-order valence-corrected chi connectivity index (χ3v) is 5.57. The van der Waals surface area contributed by atoms with Crippen LogP contribution in [0.1, 0.15) is 34.1 Å². The molecule has 0 saturated heterocycles. The average Bonchev–Trinajstić information content (AvgIpc) is 3.34. The van der Waals surface area contributed by atoms with E-state index >= 15 is 0 Å². The summed E-state index contributed by atoms with van der Waals surface area (Å²) in [4.78, 5) is 17.0. The molecular weight excluding hydrogens is 403 g/mol. The van der Waals surface area contributed by atoms with Gasteiger partial charge in [-0.2, -0.15) is 0 Å². The van der Waals surface area contributed by atoms with Crippen LogP contribution in [0.3, 0.4) is 0 Å². The molecule has 126 valence electrons. The highest BCUT2D eigenvalue weighted by atomic mass is 79.9. The fourth-order valence-electron chi connectivity index (χ4n) is 2.52. The molecule has 4 rings (SSSR count). The lowest BCUT2D eigenvalue weighted by molar-refractivity contribution is 0.102. The van der Waals surface area contributed by atoms with E-state index in [1.165, 1.54) is 30.0 Å². The number of carbonyl (C=O) groups excluding carboxylic acids is 1. The number of amides is 1. The lowest BCUT2D eigenvalue weighted by Gasteiger charge is -2.07. The van der Waals surface area contributed by atoms with Crippen molar-refractivity contribution in [1.29, 1.82) is 0 Å². The Morgan fingerprint density at radius 3 is 2.64 bits per heavy atom. The van der Waals surface area contributed by atoms with E-state index in [9.17, 15) is 9.18 Å². The van der Waals surface area contributed by atoms with E-state index in [1.54, 1.807) is 29.5 Å². The summed E-state index contributed by atoms with van der Waals surface area (Å²) in [6, 6.07) is 11.7. The van der Waals surface area contributed by atoms with E-state index in [4.69, 9.17) is 0 Å². The summed E-state index contributed by atoms with van der Waals surface area (Å²) in [6.45, 7) is 0. The Morgan fingerprint density at radius 2 is 1.96 bits per heavy atom. The Labute approximate surface area is 157 Å². The van der Waals surface area contributed by atoms with Gasteiger partial charge in [-0.3, -0.25) is 4.79 Å². The molecule has 0 atom stereocenters. The Bertz CT molecular complexity index is 935. The molecule has 25 heavy (non-hydrogen) atoms. The van der Waals surface area contributed by atoms with E-state index in [1.807, 2.05) is 12.1 Å². The first kappa shape index (κ1) is 16.4. The molecule has 1 aromatic heterocycles. The number of thiazole rings is 1. The summed E-state index contributed by atoms with van der Waals surface area (Å²) in [5.41, 5.74) is 2.56. The van der Waals surface area contributed by atoms with E-state index in [-0.39, 0.29) is 11.6 Å². The summed E-state index contributed by atoms with van der Waals surface area (Å²) < 4.78 is 14.5. The third-order valence-electron chi connectivity index (χ3n) is 4.07. The average molecular weight is 417 g/mol. The van der Waals surface area contributed by atoms with Gasteiger partial charge in [-0.25, -0.2) is 9.37 Å². The Hall–Kier alpha value is -2.05. The van der Waals surface area contributed by atoms with Gasteiger partial charge in [0, 0.05) is 26.9 Å². The van der Waals surface area contributed by atoms with Gasteiger partial charge in [0.2, 0.25) is 0 Å². The van der Waals surface area contributed by atoms with Gasteiger partial charge in [-0.05, 0) is 43.2 Å². The highest BCUT2D eigenvalue weighted by Gasteiger charge is 2.26. The number of anilines is 1. The van der Waals surface area contributed by atoms with E-state index in [0.29, 0.717) is 16.0 Å². The summed E-state index contributed by atoms with van der Waals surface area (Å²) in [6.07, 6.45) is 2.47. The maximum Gasteiger partial charge on any atom is 0.255 e. The van der Waals surface area contributed by atoms with Crippen molar-refractivity contribution in [1.82, 2.24) is 4.98 Å². The summed E-state index contributed by atoms with van der Waals surface area (Å²) in [5, 5.41) is 5.84. The molecule has 1 amide bonds.